The van der Waals surface area contributed by atoms with Crippen molar-refractivity contribution in [2.45, 2.75) is 40.3 Å². The van der Waals surface area contributed by atoms with Crippen LogP contribution in [-0.4, -0.2) is 37.2 Å². The fourth-order valence-electron chi connectivity index (χ4n) is 2.59. The molecule has 2 N–H and O–H groups in total. The van der Waals surface area contributed by atoms with Gasteiger partial charge in [0.05, 0.1) is 12.2 Å². The molecule has 0 amide bonds. The van der Waals surface area contributed by atoms with Crippen molar-refractivity contribution in [1.29, 1.82) is 0 Å². The zero-order valence-corrected chi connectivity index (χ0v) is 17.9. The molecule has 0 bridgehead atoms. The molecule has 1 aromatic heterocycles. The molecule has 0 saturated heterocycles. The Labute approximate surface area is 174 Å². The third kappa shape index (κ3) is 9.94. The van der Waals surface area contributed by atoms with Gasteiger partial charge in [0.2, 0.25) is 0 Å². The van der Waals surface area contributed by atoms with Crippen molar-refractivity contribution >= 4 is 5.96 Å². The molecule has 0 saturated carbocycles. The summed E-state index contributed by atoms with van der Waals surface area (Å²) in [7, 11) is 0. The molecule has 0 fully saturated rings. The third-order valence-corrected chi connectivity index (χ3v) is 3.98. The zero-order chi connectivity index (χ0) is 20.7. The van der Waals surface area contributed by atoms with Crippen LogP contribution in [-0.2, 0) is 17.9 Å². The van der Waals surface area contributed by atoms with E-state index >= 15 is 0 Å². The lowest BCUT2D eigenvalue weighted by Crippen LogP contribution is -2.38. The predicted molar refractivity (Wildman–Crippen MR) is 118 cm³/mol. The average molecular weight is 399 g/mol. The Morgan fingerprint density at radius 2 is 2.03 bits per heavy atom. The highest BCUT2D eigenvalue weighted by Gasteiger charge is 2.01. The third-order valence-electron chi connectivity index (χ3n) is 3.98. The van der Waals surface area contributed by atoms with E-state index in [1.807, 2.05) is 36.4 Å². The molecule has 158 valence electrons. The Morgan fingerprint density at radius 1 is 1.14 bits per heavy atom. The van der Waals surface area contributed by atoms with Crippen LogP contribution in [0.4, 0.5) is 0 Å². The lowest BCUT2D eigenvalue weighted by molar-refractivity contribution is 0.108. The highest BCUT2D eigenvalue weighted by Crippen LogP contribution is 2.15. The van der Waals surface area contributed by atoms with Gasteiger partial charge >= 0.3 is 0 Å². The van der Waals surface area contributed by atoms with Crippen LogP contribution in [0.25, 0.3) is 0 Å². The van der Waals surface area contributed by atoms with Gasteiger partial charge in [-0.25, -0.2) is 4.99 Å². The van der Waals surface area contributed by atoms with Crippen molar-refractivity contribution < 1.29 is 9.47 Å². The summed E-state index contributed by atoms with van der Waals surface area (Å²) in [5.74, 6) is 2.21. The molecule has 6 nitrogen and oxygen atoms in total. The van der Waals surface area contributed by atoms with E-state index < -0.39 is 0 Å². The second-order valence-electron chi connectivity index (χ2n) is 7.20. The smallest absolute Gasteiger partial charge is 0.191 e. The van der Waals surface area contributed by atoms with Crippen LogP contribution in [0.15, 0.2) is 53.7 Å². The highest BCUT2D eigenvalue weighted by atomic mass is 16.5. The molecule has 1 heterocycles. The second kappa shape index (κ2) is 13.6. The minimum absolute atomic E-state index is 0.455. The van der Waals surface area contributed by atoms with Crippen molar-refractivity contribution in [3.05, 3.63) is 59.9 Å². The molecule has 0 aliphatic rings. The van der Waals surface area contributed by atoms with Crippen LogP contribution in [0.5, 0.6) is 5.75 Å². The van der Waals surface area contributed by atoms with Crippen molar-refractivity contribution in [2.24, 2.45) is 10.9 Å². The van der Waals surface area contributed by atoms with Gasteiger partial charge in [-0.1, -0.05) is 32.0 Å². The molecule has 6 heteroatoms. The van der Waals surface area contributed by atoms with Gasteiger partial charge in [0.15, 0.2) is 5.96 Å². The molecule has 1 aromatic carbocycles. The fourth-order valence-corrected chi connectivity index (χ4v) is 2.59. The number of hydrogen-bond acceptors (Lipinski definition) is 4. The van der Waals surface area contributed by atoms with Crippen LogP contribution in [0.3, 0.4) is 0 Å². The maximum atomic E-state index is 5.85. The van der Waals surface area contributed by atoms with Crippen LogP contribution in [0, 0.1) is 5.92 Å². The summed E-state index contributed by atoms with van der Waals surface area (Å²) in [6, 6.07) is 13.8. The molecule has 0 radical (unpaired) electrons. The first-order valence-electron chi connectivity index (χ1n) is 10.4. The molecule has 0 aliphatic carbocycles. The SMILES string of the molecule is CCNC(=NCc1cccc(OCc2ccccn2)c1)NCCCOCC(C)C. The first kappa shape index (κ1) is 22.7. The second-order valence-corrected chi connectivity index (χ2v) is 7.20. The van der Waals surface area contributed by atoms with Crippen LogP contribution >= 0.6 is 0 Å². The summed E-state index contributed by atoms with van der Waals surface area (Å²) >= 11 is 0. The molecule has 0 unspecified atom stereocenters. The number of nitrogens with one attached hydrogen (secondary N) is 2. The molecule has 0 atom stereocenters. The number of aromatic nitrogens is 1. The van der Waals surface area contributed by atoms with Crippen molar-refractivity contribution in [3.8, 4) is 5.75 Å². The number of benzene rings is 1. The topological polar surface area (TPSA) is 67.8 Å². The molecule has 0 spiro atoms. The number of aliphatic imine (C=N–C) groups is 1. The number of hydrogen-bond donors (Lipinski definition) is 2. The minimum Gasteiger partial charge on any atom is -0.487 e. The Bertz CT molecular complexity index is 720. The molecular formula is C23H34N4O2. The van der Waals surface area contributed by atoms with E-state index in [0.717, 1.165) is 55.7 Å². The van der Waals surface area contributed by atoms with E-state index in [1.165, 1.54) is 0 Å². The van der Waals surface area contributed by atoms with Gasteiger partial charge in [-0.2, -0.15) is 0 Å². The first-order valence-corrected chi connectivity index (χ1v) is 10.4. The van der Waals surface area contributed by atoms with Crippen molar-refractivity contribution in [1.82, 2.24) is 15.6 Å². The summed E-state index contributed by atoms with van der Waals surface area (Å²) in [4.78, 5) is 8.95. The minimum atomic E-state index is 0.455. The molecular weight excluding hydrogens is 364 g/mol. The standard InChI is InChI=1S/C23H34N4O2/c1-4-24-23(26-13-8-14-28-17-19(2)3)27-16-20-9-7-11-22(15-20)29-18-21-10-5-6-12-25-21/h5-7,9-12,15,19H,4,8,13-14,16-18H2,1-3H3,(H2,24,26,27). The van der Waals surface area contributed by atoms with Crippen molar-refractivity contribution in [3.63, 3.8) is 0 Å². The predicted octanol–water partition coefficient (Wildman–Crippen LogP) is 3.78. The number of ether oxygens (including phenoxy) is 2. The van der Waals surface area contributed by atoms with Crippen molar-refractivity contribution in [2.75, 3.05) is 26.3 Å². The summed E-state index contributed by atoms with van der Waals surface area (Å²) in [5.41, 5.74) is 2.01. The van der Waals surface area contributed by atoms with Gasteiger partial charge in [-0.15, -0.1) is 0 Å². The number of rotatable bonds is 12. The monoisotopic (exact) mass is 398 g/mol. The average Bonchev–Trinajstić information content (AvgIpc) is 2.73. The number of guanidine groups is 1. The van der Waals surface area contributed by atoms with Crippen LogP contribution in [0.2, 0.25) is 0 Å². The highest BCUT2D eigenvalue weighted by molar-refractivity contribution is 5.79. The number of nitrogens with zero attached hydrogens (tertiary/aromatic N) is 2. The van der Waals surface area contributed by atoms with Gasteiger partial charge in [0.25, 0.3) is 0 Å². The Balaban J connectivity index is 1.80. The van der Waals surface area contributed by atoms with E-state index in [2.05, 4.69) is 47.4 Å². The Hall–Kier alpha value is -2.60. The van der Waals surface area contributed by atoms with E-state index in [-0.39, 0.29) is 0 Å². The quantitative estimate of drug-likeness (QED) is 0.324. The zero-order valence-electron chi connectivity index (χ0n) is 17.9. The van der Waals surface area contributed by atoms with Crippen LogP contribution < -0.4 is 15.4 Å². The van der Waals surface area contributed by atoms with E-state index in [1.54, 1.807) is 6.20 Å². The lowest BCUT2D eigenvalue weighted by Gasteiger charge is -2.12. The maximum Gasteiger partial charge on any atom is 0.191 e. The lowest BCUT2D eigenvalue weighted by atomic mass is 10.2. The van der Waals surface area contributed by atoms with Gasteiger partial charge in [-0.3, -0.25) is 4.98 Å². The van der Waals surface area contributed by atoms with E-state index in [0.29, 0.717) is 19.1 Å². The Kier molecular flexibility index (Phi) is 10.6. The summed E-state index contributed by atoms with van der Waals surface area (Å²) in [5, 5.41) is 6.64. The molecule has 29 heavy (non-hydrogen) atoms. The van der Waals surface area contributed by atoms with Gasteiger partial charge in [0, 0.05) is 32.5 Å². The normalized spacial score (nSPS) is 11.5. The molecule has 2 aromatic rings. The summed E-state index contributed by atoms with van der Waals surface area (Å²) in [6.07, 6.45) is 2.73. The van der Waals surface area contributed by atoms with Crippen LogP contribution in [0.1, 0.15) is 38.4 Å². The van der Waals surface area contributed by atoms with Gasteiger partial charge < -0.3 is 20.1 Å². The fraction of sp³-hybridized carbons (Fsp3) is 0.478. The first-order chi connectivity index (χ1) is 14.2. The maximum absolute atomic E-state index is 5.85. The molecule has 0 aliphatic heterocycles. The molecule has 2 rings (SSSR count). The summed E-state index contributed by atoms with van der Waals surface area (Å²) in [6.45, 7) is 10.7. The van der Waals surface area contributed by atoms with Gasteiger partial charge in [-0.05, 0) is 49.1 Å². The number of pyridine rings is 1. The van der Waals surface area contributed by atoms with E-state index in [9.17, 15) is 0 Å². The van der Waals surface area contributed by atoms with Gasteiger partial charge in [0.1, 0.15) is 12.4 Å². The largest absolute Gasteiger partial charge is 0.487 e. The summed E-state index contributed by atoms with van der Waals surface area (Å²) < 4.78 is 11.5. The Morgan fingerprint density at radius 3 is 2.79 bits per heavy atom. The van der Waals surface area contributed by atoms with E-state index in [4.69, 9.17) is 9.47 Å².